The van der Waals surface area contributed by atoms with Crippen molar-refractivity contribution >= 4 is 34.8 Å². The maximum atomic E-state index is 12.9. The number of halogens is 2. The largest absolute Gasteiger partial charge is 0.493 e. The molecule has 0 aliphatic carbocycles. The molecular weight excluding hydrogens is 483 g/mol. The van der Waals surface area contributed by atoms with Gasteiger partial charge >= 0.3 is 0 Å². The van der Waals surface area contributed by atoms with Crippen molar-refractivity contribution in [2.75, 3.05) is 25.6 Å². The van der Waals surface area contributed by atoms with Gasteiger partial charge in [0.05, 0.1) is 7.11 Å². The molecule has 1 N–H and O–H groups in total. The Bertz CT molecular complexity index is 1120. The van der Waals surface area contributed by atoms with E-state index in [0.29, 0.717) is 51.5 Å². The third-order valence-electron chi connectivity index (χ3n) is 5.70. The van der Waals surface area contributed by atoms with E-state index < -0.39 is 0 Å². The Hall–Kier alpha value is -2.73. The van der Waals surface area contributed by atoms with Crippen molar-refractivity contribution < 1.29 is 14.3 Å². The topological polar surface area (TPSA) is 50.8 Å². The number of hydrogen-bond donors (Lipinski definition) is 1. The highest BCUT2D eigenvalue weighted by Gasteiger charge is 2.15. The molecule has 3 rings (SSSR count). The summed E-state index contributed by atoms with van der Waals surface area (Å²) in [5.41, 5.74) is 2.97. The predicted octanol–water partition coefficient (Wildman–Crippen LogP) is 7.42. The monoisotopic (exact) mass is 514 g/mol. The van der Waals surface area contributed by atoms with E-state index in [2.05, 4.69) is 37.9 Å². The van der Waals surface area contributed by atoms with Gasteiger partial charge in [-0.25, -0.2) is 0 Å². The smallest absolute Gasteiger partial charge is 0.255 e. The predicted molar refractivity (Wildman–Crippen MR) is 145 cm³/mol. The number of anilines is 1. The molecule has 186 valence electrons. The molecule has 0 saturated heterocycles. The van der Waals surface area contributed by atoms with Gasteiger partial charge in [-0.1, -0.05) is 35.3 Å². The molecule has 0 spiro atoms. The molecule has 0 atom stereocenters. The highest BCUT2D eigenvalue weighted by atomic mass is 35.5. The van der Waals surface area contributed by atoms with Crippen LogP contribution in [0, 0.1) is 0 Å². The van der Waals surface area contributed by atoms with Crippen molar-refractivity contribution in [1.29, 1.82) is 0 Å². The summed E-state index contributed by atoms with van der Waals surface area (Å²) >= 11 is 12.2. The van der Waals surface area contributed by atoms with Gasteiger partial charge in [0.25, 0.3) is 5.91 Å². The molecule has 0 aromatic heterocycles. The van der Waals surface area contributed by atoms with Crippen molar-refractivity contribution in [2.24, 2.45) is 0 Å². The minimum absolute atomic E-state index is 0.220. The Labute approximate surface area is 217 Å². The van der Waals surface area contributed by atoms with E-state index in [4.69, 9.17) is 32.7 Å². The number of rotatable bonds is 10. The summed E-state index contributed by atoms with van der Waals surface area (Å²) in [5.74, 6) is 0.988. The van der Waals surface area contributed by atoms with Crippen LogP contribution in [-0.2, 0) is 0 Å². The van der Waals surface area contributed by atoms with Crippen molar-refractivity contribution in [2.45, 2.75) is 39.8 Å². The Morgan fingerprint density at radius 3 is 2.06 bits per heavy atom. The van der Waals surface area contributed by atoms with E-state index in [-0.39, 0.29) is 5.91 Å². The number of methoxy groups -OCH3 is 1. The summed E-state index contributed by atoms with van der Waals surface area (Å²) in [7, 11) is 1.60. The molecule has 0 saturated carbocycles. The van der Waals surface area contributed by atoms with Gasteiger partial charge in [-0.15, -0.1) is 0 Å². The normalized spacial score (nSPS) is 11.3. The van der Waals surface area contributed by atoms with Crippen LogP contribution in [0.3, 0.4) is 0 Å². The number of carbonyl (C=O) groups is 1. The minimum atomic E-state index is -0.220. The van der Waals surface area contributed by atoms with Crippen LogP contribution in [-0.4, -0.2) is 43.2 Å². The fraction of sp³-hybridized carbons (Fsp3) is 0.321. The fourth-order valence-electron chi connectivity index (χ4n) is 3.98. The molecule has 3 aromatic carbocycles. The fourth-order valence-corrected chi connectivity index (χ4v) is 4.50. The van der Waals surface area contributed by atoms with Gasteiger partial charge in [-0.2, -0.15) is 0 Å². The summed E-state index contributed by atoms with van der Waals surface area (Å²) in [6, 6.07) is 18.9. The molecule has 35 heavy (non-hydrogen) atoms. The second-order valence-electron chi connectivity index (χ2n) is 8.83. The summed E-state index contributed by atoms with van der Waals surface area (Å²) in [6.07, 6.45) is 0. The number of carbonyl (C=O) groups excluding carboxylic acids is 1. The van der Waals surface area contributed by atoms with Gasteiger partial charge in [-0.3, -0.25) is 9.69 Å². The van der Waals surface area contributed by atoms with Crippen molar-refractivity contribution in [1.82, 2.24) is 4.90 Å². The number of hydrogen-bond acceptors (Lipinski definition) is 4. The zero-order valence-corrected chi connectivity index (χ0v) is 22.3. The molecular formula is C28H32Cl2N2O3. The average molecular weight is 515 g/mol. The molecule has 0 fully saturated rings. The van der Waals surface area contributed by atoms with Gasteiger partial charge < -0.3 is 14.8 Å². The van der Waals surface area contributed by atoms with Crippen LogP contribution in [0.5, 0.6) is 11.5 Å². The zero-order chi connectivity index (χ0) is 25.5. The van der Waals surface area contributed by atoms with E-state index in [1.807, 2.05) is 24.3 Å². The molecule has 0 heterocycles. The molecule has 0 aliphatic rings. The van der Waals surface area contributed by atoms with E-state index in [1.165, 1.54) is 0 Å². The maximum absolute atomic E-state index is 12.9. The number of ether oxygens (including phenoxy) is 2. The first-order chi connectivity index (χ1) is 16.7. The molecule has 0 aliphatic heterocycles. The number of benzene rings is 3. The lowest BCUT2D eigenvalue weighted by Crippen LogP contribution is -2.39. The molecule has 0 radical (unpaired) electrons. The quantitative estimate of drug-likeness (QED) is 0.305. The summed E-state index contributed by atoms with van der Waals surface area (Å²) < 4.78 is 11.5. The van der Waals surface area contributed by atoms with Crippen LogP contribution in [0.15, 0.2) is 60.7 Å². The zero-order valence-electron chi connectivity index (χ0n) is 20.8. The average Bonchev–Trinajstić information content (AvgIpc) is 2.81. The Kier molecular flexibility index (Phi) is 9.44. The van der Waals surface area contributed by atoms with E-state index in [0.717, 1.165) is 17.7 Å². The summed E-state index contributed by atoms with van der Waals surface area (Å²) in [6.45, 7) is 10.00. The number of nitrogens with zero attached hydrogens (tertiary/aromatic N) is 1. The number of nitrogens with one attached hydrogen (secondary N) is 1. The van der Waals surface area contributed by atoms with Crippen LogP contribution in [0.25, 0.3) is 11.1 Å². The first-order valence-corrected chi connectivity index (χ1v) is 12.4. The second kappa shape index (κ2) is 12.3. The lowest BCUT2D eigenvalue weighted by atomic mass is 10.0. The summed E-state index contributed by atoms with van der Waals surface area (Å²) in [4.78, 5) is 15.2. The molecule has 0 unspecified atom stereocenters. The third kappa shape index (κ3) is 7.38. The Morgan fingerprint density at radius 1 is 0.857 bits per heavy atom. The molecule has 5 nitrogen and oxygen atoms in total. The molecule has 7 heteroatoms. The van der Waals surface area contributed by atoms with Crippen LogP contribution >= 0.6 is 23.2 Å². The highest BCUT2D eigenvalue weighted by molar-refractivity contribution is 6.35. The van der Waals surface area contributed by atoms with Crippen LogP contribution in [0.4, 0.5) is 5.69 Å². The highest BCUT2D eigenvalue weighted by Crippen LogP contribution is 2.31. The first kappa shape index (κ1) is 26.9. The number of amides is 1. The maximum Gasteiger partial charge on any atom is 0.255 e. The lowest BCUT2D eigenvalue weighted by molar-refractivity contribution is 0.102. The van der Waals surface area contributed by atoms with Crippen LogP contribution in [0.2, 0.25) is 10.0 Å². The Balaban J connectivity index is 1.68. The third-order valence-corrected chi connectivity index (χ3v) is 6.13. The summed E-state index contributed by atoms with van der Waals surface area (Å²) in [5, 5.41) is 4.06. The van der Waals surface area contributed by atoms with Crippen LogP contribution in [0.1, 0.15) is 38.1 Å². The van der Waals surface area contributed by atoms with Crippen molar-refractivity contribution in [3.8, 4) is 22.6 Å². The molecule has 0 bridgehead atoms. The lowest BCUT2D eigenvalue weighted by Gasteiger charge is -2.30. The van der Waals surface area contributed by atoms with E-state index >= 15 is 0 Å². The second-order valence-corrected chi connectivity index (χ2v) is 9.70. The van der Waals surface area contributed by atoms with E-state index in [1.54, 1.807) is 43.5 Å². The first-order valence-electron chi connectivity index (χ1n) is 11.6. The van der Waals surface area contributed by atoms with Gasteiger partial charge in [0, 0.05) is 46.0 Å². The van der Waals surface area contributed by atoms with Crippen molar-refractivity contribution in [3.63, 3.8) is 0 Å². The van der Waals surface area contributed by atoms with Crippen molar-refractivity contribution in [3.05, 3.63) is 76.3 Å². The standard InChI is InChI=1S/C28H32Cl2N2O3/c1-18(2)32(19(3)4)12-13-35-27-17-25(10-11-26(27)34-5)31-28(33)21-8-6-20(7-9-21)22-14-23(29)16-24(30)15-22/h6-11,14-19H,12-13H2,1-5H3,(H,31,33). The van der Waals surface area contributed by atoms with Gasteiger partial charge in [0.2, 0.25) is 0 Å². The van der Waals surface area contributed by atoms with Gasteiger partial charge in [0.1, 0.15) is 6.61 Å². The Morgan fingerprint density at radius 2 is 1.49 bits per heavy atom. The van der Waals surface area contributed by atoms with Crippen LogP contribution < -0.4 is 14.8 Å². The minimum Gasteiger partial charge on any atom is -0.493 e. The van der Waals surface area contributed by atoms with E-state index in [9.17, 15) is 4.79 Å². The molecule has 1 amide bonds. The SMILES string of the molecule is COc1ccc(NC(=O)c2ccc(-c3cc(Cl)cc(Cl)c3)cc2)cc1OCCN(C(C)C)C(C)C. The molecule has 3 aromatic rings. The van der Waals surface area contributed by atoms with Gasteiger partial charge in [0.15, 0.2) is 11.5 Å². The van der Waals surface area contributed by atoms with Gasteiger partial charge in [-0.05, 0) is 81.3 Å².